The van der Waals surface area contributed by atoms with Gasteiger partial charge in [0.1, 0.15) is 0 Å². The number of halogens is 1. The lowest BCUT2D eigenvalue weighted by molar-refractivity contribution is -0.123. The molecule has 0 spiro atoms. The molecule has 0 saturated heterocycles. The molecule has 5 nitrogen and oxygen atoms in total. The summed E-state index contributed by atoms with van der Waals surface area (Å²) in [6.45, 7) is 7.67. The highest BCUT2D eigenvalue weighted by molar-refractivity contribution is 7.92. The highest BCUT2D eigenvalue weighted by atomic mass is 35.5. The summed E-state index contributed by atoms with van der Waals surface area (Å²) in [4.78, 5) is 12.2. The van der Waals surface area contributed by atoms with Gasteiger partial charge in [-0.1, -0.05) is 123 Å². The molecule has 7 heteroatoms. The van der Waals surface area contributed by atoms with Gasteiger partial charge in [0.15, 0.2) is 0 Å². The second kappa shape index (κ2) is 16.4. The predicted molar refractivity (Wildman–Crippen MR) is 147 cm³/mol. The number of carbonyl (C=O) groups is 1. The first-order chi connectivity index (χ1) is 16.0. The number of sulfonamides is 1. The van der Waals surface area contributed by atoms with E-state index in [0.29, 0.717) is 22.8 Å². The van der Waals surface area contributed by atoms with E-state index in [1.54, 1.807) is 39.0 Å². The highest BCUT2D eigenvalue weighted by Gasteiger charge is 2.22. The number of rotatable bonds is 18. The van der Waals surface area contributed by atoms with Gasteiger partial charge < -0.3 is 5.32 Å². The van der Waals surface area contributed by atoms with Crippen molar-refractivity contribution in [3.05, 3.63) is 23.2 Å². The molecular weight excluding hydrogens is 468 g/mol. The fourth-order valence-corrected chi connectivity index (χ4v) is 5.05. The van der Waals surface area contributed by atoms with Gasteiger partial charge in [0, 0.05) is 5.41 Å². The van der Waals surface area contributed by atoms with Gasteiger partial charge in [-0.3, -0.25) is 9.52 Å². The Hall–Kier alpha value is -1.27. The molecule has 0 bridgehead atoms. The third kappa shape index (κ3) is 14.2. The van der Waals surface area contributed by atoms with Crippen molar-refractivity contribution in [1.29, 1.82) is 0 Å². The molecule has 196 valence electrons. The molecule has 0 aromatic heterocycles. The Morgan fingerprint density at radius 3 is 1.76 bits per heavy atom. The molecule has 0 unspecified atom stereocenters. The predicted octanol–water partition coefficient (Wildman–Crippen LogP) is 8.55. The summed E-state index contributed by atoms with van der Waals surface area (Å²) in [7, 11) is -3.44. The Morgan fingerprint density at radius 1 is 0.824 bits per heavy atom. The molecule has 0 saturated carbocycles. The van der Waals surface area contributed by atoms with Crippen molar-refractivity contribution < 1.29 is 13.2 Å². The average molecular weight is 515 g/mol. The minimum atomic E-state index is -3.44. The van der Waals surface area contributed by atoms with Crippen LogP contribution < -0.4 is 10.0 Å². The molecule has 1 rings (SSSR count). The van der Waals surface area contributed by atoms with Crippen LogP contribution in [-0.4, -0.2) is 20.1 Å². The first-order valence-electron chi connectivity index (χ1n) is 13.2. The van der Waals surface area contributed by atoms with E-state index in [2.05, 4.69) is 17.0 Å². The molecule has 34 heavy (non-hydrogen) atoms. The van der Waals surface area contributed by atoms with Crippen LogP contribution in [-0.2, 0) is 14.8 Å². The van der Waals surface area contributed by atoms with Gasteiger partial charge in [-0.15, -0.1) is 0 Å². The van der Waals surface area contributed by atoms with E-state index in [9.17, 15) is 13.2 Å². The molecule has 0 atom stereocenters. The van der Waals surface area contributed by atoms with Crippen molar-refractivity contribution in [1.82, 2.24) is 0 Å². The molecule has 2 N–H and O–H groups in total. The molecule has 1 amide bonds. The zero-order valence-corrected chi connectivity index (χ0v) is 23.4. The minimum absolute atomic E-state index is 0.0946. The summed E-state index contributed by atoms with van der Waals surface area (Å²) in [5, 5.41) is 3.14. The number of amides is 1. The van der Waals surface area contributed by atoms with E-state index < -0.39 is 15.4 Å². The molecule has 0 heterocycles. The smallest absolute Gasteiger partial charge is 0.232 e. The summed E-state index contributed by atoms with van der Waals surface area (Å²) < 4.78 is 27.5. The maximum Gasteiger partial charge on any atom is 0.232 e. The fourth-order valence-electron chi connectivity index (χ4n) is 3.71. The van der Waals surface area contributed by atoms with E-state index in [1.165, 1.54) is 70.6 Å². The second-order valence-corrected chi connectivity index (χ2v) is 12.7. The van der Waals surface area contributed by atoms with Crippen LogP contribution in [0.4, 0.5) is 11.4 Å². The van der Waals surface area contributed by atoms with Gasteiger partial charge in [0.25, 0.3) is 0 Å². The van der Waals surface area contributed by atoms with Gasteiger partial charge >= 0.3 is 0 Å². The SMILES string of the molecule is CCCCCCCCCCCCCCCCS(=O)(=O)Nc1ccc(Cl)c(NC(=O)C(C)(C)C)c1. The molecule has 0 aliphatic rings. The zero-order valence-electron chi connectivity index (χ0n) is 21.8. The fraction of sp³-hybridized carbons (Fsp3) is 0.741. The van der Waals surface area contributed by atoms with Crippen LogP contribution in [0.15, 0.2) is 18.2 Å². The number of hydrogen-bond donors (Lipinski definition) is 2. The van der Waals surface area contributed by atoms with Gasteiger partial charge in [-0.25, -0.2) is 8.42 Å². The molecule has 0 radical (unpaired) electrons. The van der Waals surface area contributed by atoms with Crippen molar-refractivity contribution in [3.8, 4) is 0 Å². The summed E-state index contributed by atoms with van der Waals surface area (Å²) in [5.41, 5.74) is 0.226. The normalized spacial score (nSPS) is 12.0. The van der Waals surface area contributed by atoms with Crippen molar-refractivity contribution >= 4 is 38.9 Å². The maximum absolute atomic E-state index is 12.5. The van der Waals surface area contributed by atoms with Crippen LogP contribution in [0.3, 0.4) is 0 Å². The number of nitrogens with one attached hydrogen (secondary N) is 2. The van der Waals surface area contributed by atoms with Gasteiger partial charge in [-0.05, 0) is 24.6 Å². The number of anilines is 2. The van der Waals surface area contributed by atoms with Crippen LogP contribution in [0, 0.1) is 5.41 Å². The molecule has 0 fully saturated rings. The van der Waals surface area contributed by atoms with Crippen molar-refractivity contribution in [3.63, 3.8) is 0 Å². The topological polar surface area (TPSA) is 75.3 Å². The monoisotopic (exact) mass is 514 g/mol. The van der Waals surface area contributed by atoms with E-state index in [-0.39, 0.29) is 11.7 Å². The Morgan fingerprint density at radius 2 is 1.29 bits per heavy atom. The lowest BCUT2D eigenvalue weighted by atomic mass is 9.95. The number of unbranched alkanes of at least 4 members (excludes halogenated alkanes) is 13. The summed E-state index contributed by atoms with van der Waals surface area (Å²) in [6, 6.07) is 4.76. The number of carbonyl (C=O) groups excluding carboxylic acids is 1. The van der Waals surface area contributed by atoms with Crippen LogP contribution in [0.5, 0.6) is 0 Å². The van der Waals surface area contributed by atoms with E-state index in [0.717, 1.165) is 12.8 Å². The molecule has 0 aliphatic carbocycles. The minimum Gasteiger partial charge on any atom is -0.324 e. The quantitative estimate of drug-likeness (QED) is 0.193. The lowest BCUT2D eigenvalue weighted by Gasteiger charge is -2.19. The third-order valence-electron chi connectivity index (χ3n) is 5.94. The zero-order chi connectivity index (χ0) is 25.5. The van der Waals surface area contributed by atoms with Crippen molar-refractivity contribution in [2.75, 3.05) is 15.8 Å². The second-order valence-electron chi connectivity index (χ2n) is 10.4. The summed E-state index contributed by atoms with van der Waals surface area (Å²) in [6.07, 6.45) is 17.2. The van der Waals surface area contributed by atoms with E-state index in [1.807, 2.05) is 0 Å². The van der Waals surface area contributed by atoms with Gasteiger partial charge in [0.05, 0.1) is 22.2 Å². The Bertz CT molecular complexity index is 820. The molecule has 1 aromatic carbocycles. The highest BCUT2D eigenvalue weighted by Crippen LogP contribution is 2.28. The average Bonchev–Trinajstić information content (AvgIpc) is 2.75. The van der Waals surface area contributed by atoms with Crippen molar-refractivity contribution in [2.45, 2.75) is 118 Å². The Balaban J connectivity index is 2.22. The molecule has 0 aliphatic heterocycles. The van der Waals surface area contributed by atoms with Gasteiger partial charge in [0.2, 0.25) is 15.9 Å². The first kappa shape index (κ1) is 30.8. The van der Waals surface area contributed by atoms with Crippen LogP contribution in [0.2, 0.25) is 5.02 Å². The van der Waals surface area contributed by atoms with Gasteiger partial charge in [-0.2, -0.15) is 0 Å². The number of benzene rings is 1. The lowest BCUT2D eigenvalue weighted by Crippen LogP contribution is -2.27. The summed E-state index contributed by atoms with van der Waals surface area (Å²) >= 11 is 6.17. The maximum atomic E-state index is 12.5. The van der Waals surface area contributed by atoms with E-state index in [4.69, 9.17) is 11.6 Å². The third-order valence-corrected chi connectivity index (χ3v) is 7.64. The molecule has 1 aromatic rings. The Labute approximate surface area is 213 Å². The standard InChI is InChI=1S/C27H47ClN2O3S/c1-5-6-7-8-9-10-11-12-13-14-15-16-17-18-21-34(32,33)30-23-19-20-24(28)25(22-23)29-26(31)27(2,3)4/h19-20,22,30H,5-18,21H2,1-4H3,(H,29,31). The van der Waals surface area contributed by atoms with Crippen LogP contribution in [0.25, 0.3) is 0 Å². The Kier molecular flexibility index (Phi) is 14.8. The first-order valence-corrected chi connectivity index (χ1v) is 15.2. The summed E-state index contributed by atoms with van der Waals surface area (Å²) in [5.74, 6) is -0.0889. The largest absolute Gasteiger partial charge is 0.324 e. The van der Waals surface area contributed by atoms with Crippen molar-refractivity contribution in [2.24, 2.45) is 5.41 Å². The van der Waals surface area contributed by atoms with E-state index >= 15 is 0 Å². The number of hydrogen-bond acceptors (Lipinski definition) is 3. The van der Waals surface area contributed by atoms with Crippen LogP contribution >= 0.6 is 11.6 Å². The molecular formula is C27H47ClN2O3S. The van der Waals surface area contributed by atoms with Crippen LogP contribution in [0.1, 0.15) is 118 Å².